The largest absolute Gasteiger partial charge is 0.504 e. The average molecular weight is 239 g/mol. The highest BCUT2D eigenvalue weighted by Gasteiger charge is 2.18. The van der Waals surface area contributed by atoms with Crippen molar-refractivity contribution in [3.05, 3.63) is 23.8 Å². The summed E-state index contributed by atoms with van der Waals surface area (Å²) in [5.41, 5.74) is 0.325. The van der Waals surface area contributed by atoms with Gasteiger partial charge in [-0.15, -0.1) is 0 Å². The minimum atomic E-state index is -0.302. The molecule has 1 aromatic rings. The summed E-state index contributed by atoms with van der Waals surface area (Å²) in [6.45, 7) is 2.30. The van der Waals surface area contributed by atoms with Gasteiger partial charge in [-0.2, -0.15) is 0 Å². The molecule has 0 heterocycles. The van der Waals surface area contributed by atoms with E-state index in [1.807, 2.05) is 6.92 Å². The zero-order valence-corrected chi connectivity index (χ0v) is 10.2. The number of aromatic hydroxyl groups is 2. The van der Waals surface area contributed by atoms with Gasteiger partial charge in [-0.3, -0.25) is 4.79 Å². The van der Waals surface area contributed by atoms with Crippen LogP contribution in [0.25, 0.3) is 0 Å². The lowest BCUT2D eigenvalue weighted by atomic mass is 10.1. The molecule has 1 unspecified atom stereocenters. The number of phenols is 2. The molecule has 1 atom stereocenters. The summed E-state index contributed by atoms with van der Waals surface area (Å²) >= 11 is 0. The van der Waals surface area contributed by atoms with Crippen LogP contribution < -0.4 is 0 Å². The fraction of sp³-hybridized carbons (Fsp3) is 0.417. The molecule has 0 saturated heterocycles. The van der Waals surface area contributed by atoms with E-state index in [1.54, 1.807) is 14.2 Å². The summed E-state index contributed by atoms with van der Waals surface area (Å²) in [6.07, 6.45) is 0. The van der Waals surface area contributed by atoms with Gasteiger partial charge < -0.3 is 19.8 Å². The molecule has 5 heteroatoms. The number of amides is 1. The van der Waals surface area contributed by atoms with E-state index in [9.17, 15) is 9.90 Å². The third kappa shape index (κ3) is 3.10. The van der Waals surface area contributed by atoms with Crippen LogP contribution in [0.15, 0.2) is 18.2 Å². The molecule has 17 heavy (non-hydrogen) atoms. The lowest BCUT2D eigenvalue weighted by molar-refractivity contribution is 0.0633. The van der Waals surface area contributed by atoms with Gasteiger partial charge in [0.1, 0.15) is 0 Å². The molecule has 0 radical (unpaired) electrons. The zero-order valence-electron chi connectivity index (χ0n) is 10.2. The van der Waals surface area contributed by atoms with Crippen LogP contribution in [-0.4, -0.2) is 47.8 Å². The van der Waals surface area contributed by atoms with Gasteiger partial charge in [-0.25, -0.2) is 0 Å². The van der Waals surface area contributed by atoms with Crippen molar-refractivity contribution in [2.24, 2.45) is 0 Å². The first-order chi connectivity index (χ1) is 7.97. The molecule has 0 aliphatic rings. The van der Waals surface area contributed by atoms with Gasteiger partial charge in [0.15, 0.2) is 11.5 Å². The first-order valence-corrected chi connectivity index (χ1v) is 5.25. The molecule has 0 aromatic heterocycles. The molecule has 0 saturated carbocycles. The van der Waals surface area contributed by atoms with Crippen LogP contribution in [0.4, 0.5) is 0 Å². The minimum Gasteiger partial charge on any atom is -0.504 e. The van der Waals surface area contributed by atoms with Crippen molar-refractivity contribution in [3.8, 4) is 11.5 Å². The highest BCUT2D eigenvalue weighted by atomic mass is 16.5. The van der Waals surface area contributed by atoms with E-state index in [4.69, 9.17) is 9.84 Å². The van der Waals surface area contributed by atoms with Crippen LogP contribution in [0.2, 0.25) is 0 Å². The number of phenolic OH excluding ortho intramolecular Hbond substituents is 2. The molecule has 2 N–H and O–H groups in total. The molecule has 0 aliphatic carbocycles. The number of rotatable bonds is 4. The first-order valence-electron chi connectivity index (χ1n) is 5.25. The third-order valence-electron chi connectivity index (χ3n) is 2.61. The van der Waals surface area contributed by atoms with Crippen LogP contribution in [0.3, 0.4) is 0 Å². The minimum absolute atomic E-state index is 0.0663. The Morgan fingerprint density at radius 3 is 2.59 bits per heavy atom. The second-order valence-corrected chi connectivity index (χ2v) is 3.92. The Morgan fingerprint density at radius 2 is 2.06 bits per heavy atom. The standard InChI is InChI=1S/C12H17NO4/c1-8(7-17-3)13(2)12(16)9-4-5-10(14)11(15)6-9/h4-6,8,14-15H,7H2,1-3H3. The summed E-state index contributed by atoms with van der Waals surface area (Å²) in [7, 11) is 3.23. The van der Waals surface area contributed by atoms with E-state index in [0.717, 1.165) is 0 Å². The van der Waals surface area contributed by atoms with E-state index in [-0.39, 0.29) is 23.4 Å². The summed E-state index contributed by atoms with van der Waals surface area (Å²) in [6, 6.07) is 3.93. The van der Waals surface area contributed by atoms with Crippen LogP contribution in [0, 0.1) is 0 Å². The lowest BCUT2D eigenvalue weighted by Gasteiger charge is -2.24. The van der Waals surface area contributed by atoms with Gasteiger partial charge >= 0.3 is 0 Å². The molecule has 0 aliphatic heterocycles. The van der Waals surface area contributed by atoms with Crippen molar-refractivity contribution in [1.29, 1.82) is 0 Å². The number of methoxy groups -OCH3 is 1. The van der Waals surface area contributed by atoms with E-state index < -0.39 is 0 Å². The third-order valence-corrected chi connectivity index (χ3v) is 2.61. The Bertz CT molecular complexity index is 405. The van der Waals surface area contributed by atoms with Crippen molar-refractivity contribution >= 4 is 5.91 Å². The highest BCUT2D eigenvalue weighted by Crippen LogP contribution is 2.25. The molecule has 1 amide bonds. The van der Waals surface area contributed by atoms with E-state index in [1.165, 1.54) is 23.1 Å². The molecule has 1 aromatic carbocycles. The molecule has 0 fully saturated rings. The second-order valence-electron chi connectivity index (χ2n) is 3.92. The summed E-state index contributed by atoms with van der Waals surface area (Å²) < 4.78 is 4.97. The second kappa shape index (κ2) is 5.54. The summed E-state index contributed by atoms with van der Waals surface area (Å²) in [4.78, 5) is 13.5. The van der Waals surface area contributed by atoms with Crippen molar-refractivity contribution in [2.75, 3.05) is 20.8 Å². The van der Waals surface area contributed by atoms with E-state index >= 15 is 0 Å². The van der Waals surface area contributed by atoms with Crippen molar-refractivity contribution < 1.29 is 19.7 Å². The van der Waals surface area contributed by atoms with E-state index in [0.29, 0.717) is 12.2 Å². The Kier molecular flexibility index (Phi) is 4.34. The first kappa shape index (κ1) is 13.3. The number of hydrogen-bond acceptors (Lipinski definition) is 4. The SMILES string of the molecule is COCC(C)N(C)C(=O)c1ccc(O)c(O)c1. The predicted octanol–water partition coefficient (Wildman–Crippen LogP) is 1.20. The fourth-order valence-corrected chi connectivity index (χ4v) is 1.41. The van der Waals surface area contributed by atoms with Gasteiger partial charge in [0.25, 0.3) is 5.91 Å². The van der Waals surface area contributed by atoms with Gasteiger partial charge in [0.2, 0.25) is 0 Å². The quantitative estimate of drug-likeness (QED) is 0.775. The van der Waals surface area contributed by atoms with Crippen LogP contribution >= 0.6 is 0 Å². The Balaban J connectivity index is 2.85. The molecular weight excluding hydrogens is 222 g/mol. The van der Waals surface area contributed by atoms with Crippen molar-refractivity contribution in [3.63, 3.8) is 0 Å². The molecule has 0 spiro atoms. The monoisotopic (exact) mass is 239 g/mol. The highest BCUT2D eigenvalue weighted by molar-refractivity contribution is 5.94. The van der Waals surface area contributed by atoms with E-state index in [2.05, 4.69) is 0 Å². The molecule has 94 valence electrons. The van der Waals surface area contributed by atoms with Gasteiger partial charge in [0.05, 0.1) is 12.6 Å². The maximum Gasteiger partial charge on any atom is 0.254 e. The number of ether oxygens (including phenoxy) is 1. The van der Waals surface area contributed by atoms with Crippen molar-refractivity contribution in [1.82, 2.24) is 4.90 Å². The zero-order chi connectivity index (χ0) is 13.0. The number of carbonyl (C=O) groups is 1. The number of benzene rings is 1. The normalized spacial score (nSPS) is 12.2. The van der Waals surface area contributed by atoms with Crippen LogP contribution in [0.1, 0.15) is 17.3 Å². The molecule has 1 rings (SSSR count). The van der Waals surface area contributed by atoms with Gasteiger partial charge in [0, 0.05) is 19.7 Å². The number of likely N-dealkylation sites (N-methyl/N-ethyl adjacent to an activating group) is 1. The molecule has 0 bridgehead atoms. The Hall–Kier alpha value is -1.75. The number of carbonyl (C=O) groups excluding carboxylic acids is 1. The summed E-state index contributed by atoms with van der Waals surface area (Å²) in [5, 5.41) is 18.5. The smallest absolute Gasteiger partial charge is 0.254 e. The summed E-state index contributed by atoms with van der Waals surface area (Å²) in [5.74, 6) is -0.775. The fourth-order valence-electron chi connectivity index (χ4n) is 1.41. The maximum atomic E-state index is 12.0. The van der Waals surface area contributed by atoms with Crippen LogP contribution in [-0.2, 0) is 4.74 Å². The predicted molar refractivity (Wildman–Crippen MR) is 63.2 cm³/mol. The topological polar surface area (TPSA) is 70.0 Å². The van der Waals surface area contributed by atoms with Gasteiger partial charge in [-0.05, 0) is 25.1 Å². The van der Waals surface area contributed by atoms with Gasteiger partial charge in [-0.1, -0.05) is 0 Å². The van der Waals surface area contributed by atoms with Crippen molar-refractivity contribution in [2.45, 2.75) is 13.0 Å². The van der Waals surface area contributed by atoms with Crippen LogP contribution in [0.5, 0.6) is 11.5 Å². The molecular formula is C12H17NO4. The maximum absolute atomic E-state index is 12.0. The Morgan fingerprint density at radius 1 is 1.41 bits per heavy atom. The number of hydrogen-bond donors (Lipinski definition) is 2. The Labute approximate surface area is 100 Å². The average Bonchev–Trinajstić information content (AvgIpc) is 2.31. The molecule has 5 nitrogen and oxygen atoms in total. The number of nitrogens with zero attached hydrogens (tertiary/aromatic N) is 1. The lowest BCUT2D eigenvalue weighted by Crippen LogP contribution is -2.37.